The minimum atomic E-state index is -0.782. The smallest absolute Gasteiger partial charge is 0.331 e. The number of nitrogens with zero attached hydrogens (tertiary/aromatic N) is 1. The van der Waals surface area contributed by atoms with Gasteiger partial charge in [-0.1, -0.05) is 0 Å². The van der Waals surface area contributed by atoms with Gasteiger partial charge >= 0.3 is 6.03 Å². The molecule has 0 aliphatic carbocycles. The number of ether oxygens (including phenoxy) is 2. The SMILES string of the molecule is Cc1cc2c(cc1/C=C1\C(=O)NC(=O)N(Cc3ccco3)C1=O)OCO2. The van der Waals surface area contributed by atoms with Gasteiger partial charge in [-0.25, -0.2) is 4.79 Å². The van der Waals surface area contributed by atoms with E-state index < -0.39 is 17.8 Å². The molecular formula is C18H14N2O6. The van der Waals surface area contributed by atoms with Gasteiger partial charge in [0.1, 0.15) is 11.3 Å². The largest absolute Gasteiger partial charge is 0.467 e. The maximum Gasteiger partial charge on any atom is 0.331 e. The summed E-state index contributed by atoms with van der Waals surface area (Å²) in [4.78, 5) is 37.8. The van der Waals surface area contributed by atoms with Gasteiger partial charge in [0.15, 0.2) is 11.5 Å². The fourth-order valence-corrected chi connectivity index (χ4v) is 2.77. The number of fused-ring (bicyclic) bond motifs is 1. The molecule has 3 heterocycles. The summed E-state index contributed by atoms with van der Waals surface area (Å²) in [5.74, 6) is 0.148. The lowest BCUT2D eigenvalue weighted by atomic mass is 10.0. The third-order valence-corrected chi connectivity index (χ3v) is 4.14. The molecule has 1 aromatic carbocycles. The van der Waals surface area contributed by atoms with Crippen LogP contribution in [0.3, 0.4) is 0 Å². The van der Waals surface area contributed by atoms with Gasteiger partial charge in [-0.05, 0) is 48.4 Å². The number of carbonyl (C=O) groups excluding carboxylic acids is 3. The summed E-state index contributed by atoms with van der Waals surface area (Å²) in [7, 11) is 0. The van der Waals surface area contributed by atoms with E-state index in [1.807, 2.05) is 6.92 Å². The molecule has 132 valence electrons. The van der Waals surface area contributed by atoms with Crippen molar-refractivity contribution in [3.8, 4) is 11.5 Å². The molecule has 1 saturated heterocycles. The van der Waals surface area contributed by atoms with E-state index in [9.17, 15) is 14.4 Å². The Kier molecular flexibility index (Phi) is 3.72. The van der Waals surface area contributed by atoms with Crippen LogP contribution in [0.4, 0.5) is 4.79 Å². The van der Waals surface area contributed by atoms with Gasteiger partial charge < -0.3 is 13.9 Å². The van der Waals surface area contributed by atoms with Crippen LogP contribution in [-0.2, 0) is 16.1 Å². The number of carbonyl (C=O) groups is 3. The summed E-state index contributed by atoms with van der Waals surface area (Å²) < 4.78 is 15.8. The van der Waals surface area contributed by atoms with E-state index in [2.05, 4.69) is 5.32 Å². The second-order valence-electron chi connectivity index (χ2n) is 5.85. The Morgan fingerprint density at radius 1 is 1.19 bits per heavy atom. The minimum Gasteiger partial charge on any atom is -0.467 e. The van der Waals surface area contributed by atoms with E-state index in [1.54, 1.807) is 24.3 Å². The molecule has 0 bridgehead atoms. The molecule has 0 atom stereocenters. The lowest BCUT2D eigenvalue weighted by Gasteiger charge is -2.25. The highest BCUT2D eigenvalue weighted by Crippen LogP contribution is 2.35. The Bertz CT molecular complexity index is 945. The van der Waals surface area contributed by atoms with E-state index in [4.69, 9.17) is 13.9 Å². The number of amides is 4. The molecule has 8 nitrogen and oxygen atoms in total. The Morgan fingerprint density at radius 2 is 1.96 bits per heavy atom. The Labute approximate surface area is 148 Å². The normalized spacial score (nSPS) is 17.8. The number of imide groups is 2. The first-order chi connectivity index (χ1) is 12.5. The number of benzene rings is 1. The van der Waals surface area contributed by atoms with Gasteiger partial charge in [0, 0.05) is 0 Å². The van der Waals surface area contributed by atoms with Crippen LogP contribution in [0.1, 0.15) is 16.9 Å². The van der Waals surface area contributed by atoms with Gasteiger partial charge in [0.2, 0.25) is 6.79 Å². The molecule has 1 N–H and O–H groups in total. The summed E-state index contributed by atoms with van der Waals surface area (Å²) in [6.45, 7) is 1.88. The predicted octanol–water partition coefficient (Wildman–Crippen LogP) is 1.98. The third-order valence-electron chi connectivity index (χ3n) is 4.14. The summed E-state index contributed by atoms with van der Waals surface area (Å²) in [6.07, 6.45) is 2.88. The predicted molar refractivity (Wildman–Crippen MR) is 88.1 cm³/mol. The maximum atomic E-state index is 12.7. The zero-order valence-corrected chi connectivity index (χ0v) is 13.8. The zero-order valence-electron chi connectivity index (χ0n) is 13.8. The summed E-state index contributed by atoms with van der Waals surface area (Å²) >= 11 is 0. The molecular weight excluding hydrogens is 340 g/mol. The van der Waals surface area contributed by atoms with Crippen molar-refractivity contribution in [3.63, 3.8) is 0 Å². The van der Waals surface area contributed by atoms with Crippen molar-refractivity contribution >= 4 is 23.9 Å². The van der Waals surface area contributed by atoms with Crippen molar-refractivity contribution in [2.24, 2.45) is 0 Å². The average Bonchev–Trinajstić information content (AvgIpc) is 3.26. The number of nitrogens with one attached hydrogen (secondary N) is 1. The van der Waals surface area contributed by atoms with E-state index >= 15 is 0 Å². The Hall–Kier alpha value is -3.55. The van der Waals surface area contributed by atoms with Crippen LogP contribution >= 0.6 is 0 Å². The highest BCUT2D eigenvalue weighted by molar-refractivity contribution is 6.31. The number of aryl methyl sites for hydroxylation is 1. The zero-order chi connectivity index (χ0) is 18.3. The Balaban J connectivity index is 1.68. The van der Waals surface area contributed by atoms with Gasteiger partial charge in [-0.2, -0.15) is 0 Å². The molecule has 2 aliphatic rings. The molecule has 1 aromatic heterocycles. The second-order valence-corrected chi connectivity index (χ2v) is 5.85. The number of rotatable bonds is 3. The quantitative estimate of drug-likeness (QED) is 0.668. The van der Waals surface area contributed by atoms with Gasteiger partial charge in [0.05, 0.1) is 12.8 Å². The maximum absolute atomic E-state index is 12.7. The third kappa shape index (κ3) is 2.71. The first kappa shape index (κ1) is 15.9. The van der Waals surface area contributed by atoms with E-state index in [-0.39, 0.29) is 18.9 Å². The lowest BCUT2D eigenvalue weighted by Crippen LogP contribution is -2.53. The van der Waals surface area contributed by atoms with Crippen molar-refractivity contribution in [2.75, 3.05) is 6.79 Å². The molecule has 4 amide bonds. The van der Waals surface area contributed by atoms with Crippen LogP contribution in [0, 0.1) is 6.92 Å². The Morgan fingerprint density at radius 3 is 2.69 bits per heavy atom. The average molecular weight is 354 g/mol. The van der Waals surface area contributed by atoms with Gasteiger partial charge in [-0.15, -0.1) is 0 Å². The van der Waals surface area contributed by atoms with Gasteiger partial charge in [0.25, 0.3) is 11.8 Å². The van der Waals surface area contributed by atoms with Crippen molar-refractivity contribution in [1.82, 2.24) is 10.2 Å². The number of hydrogen-bond donors (Lipinski definition) is 1. The van der Waals surface area contributed by atoms with Gasteiger partial charge in [-0.3, -0.25) is 19.8 Å². The monoisotopic (exact) mass is 354 g/mol. The highest BCUT2D eigenvalue weighted by Gasteiger charge is 2.36. The molecule has 26 heavy (non-hydrogen) atoms. The van der Waals surface area contributed by atoms with Crippen LogP contribution in [0.25, 0.3) is 6.08 Å². The molecule has 0 saturated carbocycles. The van der Waals surface area contributed by atoms with Crippen molar-refractivity contribution < 1.29 is 28.3 Å². The lowest BCUT2D eigenvalue weighted by molar-refractivity contribution is -0.130. The second kappa shape index (κ2) is 6.07. The molecule has 0 radical (unpaired) electrons. The van der Waals surface area contributed by atoms with Crippen molar-refractivity contribution in [2.45, 2.75) is 13.5 Å². The molecule has 0 spiro atoms. The van der Waals surface area contributed by atoms with E-state index in [1.165, 1.54) is 12.3 Å². The molecule has 0 unspecified atom stereocenters. The molecule has 4 rings (SSSR count). The van der Waals surface area contributed by atoms with E-state index in [0.29, 0.717) is 22.8 Å². The molecule has 1 fully saturated rings. The first-order valence-corrected chi connectivity index (χ1v) is 7.84. The highest BCUT2D eigenvalue weighted by atomic mass is 16.7. The van der Waals surface area contributed by atoms with Crippen molar-refractivity contribution in [1.29, 1.82) is 0 Å². The summed E-state index contributed by atoms with van der Waals surface area (Å²) in [5.41, 5.74) is 1.29. The van der Waals surface area contributed by atoms with Crippen LogP contribution < -0.4 is 14.8 Å². The summed E-state index contributed by atoms with van der Waals surface area (Å²) in [5, 5.41) is 2.18. The van der Waals surface area contributed by atoms with Crippen molar-refractivity contribution in [3.05, 3.63) is 53.0 Å². The minimum absolute atomic E-state index is 0.0671. The summed E-state index contributed by atoms with van der Waals surface area (Å²) in [6, 6.07) is 5.97. The van der Waals surface area contributed by atoms with Crippen LogP contribution in [-0.4, -0.2) is 29.5 Å². The van der Waals surface area contributed by atoms with Crippen LogP contribution in [0.5, 0.6) is 11.5 Å². The fourth-order valence-electron chi connectivity index (χ4n) is 2.77. The fraction of sp³-hybridized carbons (Fsp3) is 0.167. The number of barbiturate groups is 1. The topological polar surface area (TPSA) is 98.1 Å². The molecule has 2 aliphatic heterocycles. The molecule has 2 aromatic rings. The van der Waals surface area contributed by atoms with Crippen LogP contribution in [0.15, 0.2) is 40.5 Å². The molecule has 8 heteroatoms. The number of hydrogen-bond acceptors (Lipinski definition) is 6. The standard InChI is InChI=1S/C18H14N2O6/c1-10-5-14-15(26-9-25-14)7-11(10)6-13-16(21)19-18(23)20(17(13)22)8-12-3-2-4-24-12/h2-7H,8-9H2,1H3,(H,19,21,23)/b13-6+. The first-order valence-electron chi connectivity index (χ1n) is 7.84. The number of furan rings is 1. The van der Waals surface area contributed by atoms with Crippen LogP contribution in [0.2, 0.25) is 0 Å². The van der Waals surface area contributed by atoms with E-state index in [0.717, 1.165) is 10.5 Å². The number of urea groups is 1.